The maximum absolute atomic E-state index is 13.3. The molecule has 15 heteroatoms. The zero-order chi connectivity index (χ0) is 24.5. The number of hydrogen-bond acceptors (Lipinski definition) is 10. The number of halogens is 1. The molecule has 12 nitrogen and oxygen atoms in total. The zero-order valence-electron chi connectivity index (χ0n) is 17.6. The molecule has 0 saturated carbocycles. The number of aliphatic hydroxyl groups is 1. The van der Waals surface area contributed by atoms with E-state index in [1.54, 1.807) is 6.92 Å². The number of aliphatic hydroxyl groups excluding tert-OH is 1. The van der Waals surface area contributed by atoms with E-state index in [-0.39, 0.29) is 43.4 Å². The first kappa shape index (κ1) is 28.2. The van der Waals surface area contributed by atoms with Crippen molar-refractivity contribution in [1.29, 1.82) is 0 Å². The van der Waals surface area contributed by atoms with Crippen molar-refractivity contribution in [1.82, 2.24) is 0 Å². The molecular formula is C17H25AsClN3O9S. The third kappa shape index (κ3) is 8.28. The average Bonchev–Trinajstić information content (AvgIpc) is 2.71. The molecule has 0 aromatic heterocycles. The van der Waals surface area contributed by atoms with Crippen molar-refractivity contribution in [2.24, 2.45) is 0 Å². The summed E-state index contributed by atoms with van der Waals surface area (Å²) in [6.45, 7) is 1.15. The fourth-order valence-electron chi connectivity index (χ4n) is 2.92. The predicted octanol–water partition coefficient (Wildman–Crippen LogP) is 2.14. The molecule has 0 bridgehead atoms. The second-order valence-electron chi connectivity index (χ2n) is 6.54. The Bertz CT molecular complexity index is 945. The number of carbonyl (C=O) groups is 1. The van der Waals surface area contributed by atoms with Gasteiger partial charge in [0.25, 0.3) is 0 Å². The van der Waals surface area contributed by atoms with Gasteiger partial charge in [0.1, 0.15) is 0 Å². The first-order valence-electron chi connectivity index (χ1n) is 9.49. The van der Waals surface area contributed by atoms with Crippen molar-refractivity contribution >= 4 is 58.0 Å². The van der Waals surface area contributed by atoms with Gasteiger partial charge in [-0.1, -0.05) is 0 Å². The molecule has 0 aliphatic carbocycles. The Morgan fingerprint density at radius 2 is 1.91 bits per heavy atom. The molecule has 1 unspecified atom stereocenters. The molecule has 1 N–H and O–H groups in total. The first-order chi connectivity index (χ1) is 15.0. The number of nitrogens with zero attached hydrogens (tertiary/aromatic N) is 3. The molecular weight excluding hydrogens is 533 g/mol. The van der Waals surface area contributed by atoms with E-state index in [0.29, 0.717) is 16.8 Å². The van der Waals surface area contributed by atoms with Gasteiger partial charge >= 0.3 is 195 Å². The Morgan fingerprint density at radius 1 is 1.25 bits per heavy atom. The van der Waals surface area contributed by atoms with Gasteiger partial charge in [-0.3, -0.25) is 0 Å². The van der Waals surface area contributed by atoms with Crippen molar-refractivity contribution in [2.75, 3.05) is 43.3 Å². The molecule has 0 heterocycles. The number of rotatable bonds is 15. The molecule has 32 heavy (non-hydrogen) atoms. The van der Waals surface area contributed by atoms with Crippen molar-refractivity contribution in [3.05, 3.63) is 37.9 Å². The Balaban J connectivity index is 3.66. The van der Waals surface area contributed by atoms with Crippen LogP contribution in [-0.2, 0) is 14.3 Å². The molecule has 0 radical (unpaired) electrons. The fraction of sp³-hybridized carbons (Fsp3) is 0.588. The minimum atomic E-state index is -3.78. The second kappa shape index (κ2) is 13.0. The fourth-order valence-corrected chi connectivity index (χ4v) is 7.36. The van der Waals surface area contributed by atoms with E-state index in [2.05, 4.69) is 0 Å². The van der Waals surface area contributed by atoms with Crippen molar-refractivity contribution < 1.29 is 32.3 Å². The van der Waals surface area contributed by atoms with Gasteiger partial charge in [-0.25, -0.2) is 0 Å². The number of alkyl halides is 1. The van der Waals surface area contributed by atoms with Crippen LogP contribution in [0.25, 0.3) is 0 Å². The molecule has 1 atom stereocenters. The van der Waals surface area contributed by atoms with E-state index in [4.69, 9.17) is 20.9 Å². The van der Waals surface area contributed by atoms with Crippen LogP contribution in [0, 0.1) is 20.2 Å². The van der Waals surface area contributed by atoms with E-state index < -0.39 is 50.6 Å². The summed E-state index contributed by atoms with van der Waals surface area (Å²) in [6, 6.07) is 1.78. The van der Waals surface area contributed by atoms with Gasteiger partial charge in [0.15, 0.2) is 0 Å². The van der Waals surface area contributed by atoms with Gasteiger partial charge in [0.2, 0.25) is 0 Å². The number of nitro groups is 2. The topological polar surface area (TPSA) is 170 Å². The second-order valence-corrected chi connectivity index (χ2v) is 13.9. The van der Waals surface area contributed by atoms with E-state index in [0.717, 1.165) is 18.4 Å². The molecule has 0 fully saturated rings. The summed E-state index contributed by atoms with van der Waals surface area (Å²) in [5.41, 5.74) is -1.58. The number of benzene rings is 1. The predicted molar refractivity (Wildman–Crippen MR) is 121 cm³/mol. The van der Waals surface area contributed by atoms with E-state index in [1.807, 2.05) is 0 Å². The zero-order valence-corrected chi connectivity index (χ0v) is 21.0. The average molecular weight is 558 g/mol. The third-order valence-corrected chi connectivity index (χ3v) is 10.2. The van der Waals surface area contributed by atoms with Gasteiger partial charge in [-0.05, 0) is 0 Å². The molecule has 0 spiro atoms. The molecule has 0 saturated heterocycles. The number of nitro benzene ring substituents is 2. The van der Waals surface area contributed by atoms with E-state index in [1.165, 1.54) is 4.90 Å². The summed E-state index contributed by atoms with van der Waals surface area (Å²) in [4.78, 5) is 36.2. The first-order valence-corrected chi connectivity index (χ1v) is 15.4. The van der Waals surface area contributed by atoms with E-state index >= 15 is 0 Å². The van der Waals surface area contributed by atoms with Crippen LogP contribution in [-0.4, -0.2) is 81.0 Å². The van der Waals surface area contributed by atoms with Crippen LogP contribution < -0.4 is 4.90 Å². The SMILES string of the molecule is CC[As](CCCO)C(=O)c1cc([N+](=O)[O-])cc([N+](=O)[O-])c1N(CCCl)CCOS(C)(=O)=O. The molecule has 0 amide bonds. The Labute approximate surface area is 195 Å². The normalized spacial score (nSPS) is 12.4. The van der Waals surface area contributed by atoms with Crippen molar-refractivity contribution in [2.45, 2.75) is 23.8 Å². The Hall–Kier alpha value is -1.79. The Morgan fingerprint density at radius 3 is 2.38 bits per heavy atom. The van der Waals surface area contributed by atoms with Crippen LogP contribution >= 0.6 is 11.6 Å². The summed E-state index contributed by atoms with van der Waals surface area (Å²) in [6.07, 6.45) is 1.22. The molecule has 180 valence electrons. The molecule has 0 aliphatic rings. The van der Waals surface area contributed by atoms with Crippen LogP contribution in [0.5, 0.6) is 0 Å². The summed E-state index contributed by atoms with van der Waals surface area (Å²) in [5, 5.41) is 33.2. The summed E-state index contributed by atoms with van der Waals surface area (Å²) < 4.78 is 26.9. The van der Waals surface area contributed by atoms with Crippen LogP contribution in [0.1, 0.15) is 23.7 Å². The van der Waals surface area contributed by atoms with Gasteiger partial charge < -0.3 is 0 Å². The van der Waals surface area contributed by atoms with E-state index in [9.17, 15) is 33.4 Å². The van der Waals surface area contributed by atoms with Crippen LogP contribution in [0.4, 0.5) is 17.1 Å². The quantitative estimate of drug-likeness (QED) is 0.111. The molecule has 1 rings (SSSR count). The number of carbonyl (C=O) groups excluding carboxylic acids is 1. The number of anilines is 1. The van der Waals surface area contributed by atoms with Gasteiger partial charge in [0.05, 0.1) is 0 Å². The van der Waals surface area contributed by atoms with Crippen LogP contribution in [0.15, 0.2) is 12.1 Å². The van der Waals surface area contributed by atoms with Crippen LogP contribution in [0.2, 0.25) is 10.4 Å². The van der Waals surface area contributed by atoms with Crippen molar-refractivity contribution in [3.63, 3.8) is 0 Å². The van der Waals surface area contributed by atoms with Gasteiger partial charge in [-0.15, -0.1) is 0 Å². The Kier molecular flexibility index (Phi) is 11.5. The van der Waals surface area contributed by atoms with Crippen LogP contribution in [0.3, 0.4) is 0 Å². The summed E-state index contributed by atoms with van der Waals surface area (Å²) >= 11 is 3.53. The van der Waals surface area contributed by atoms with Gasteiger partial charge in [-0.2, -0.15) is 0 Å². The summed E-state index contributed by atoms with van der Waals surface area (Å²) in [5.74, 6) is -0.0135. The summed E-state index contributed by atoms with van der Waals surface area (Å²) in [7, 11) is -3.78. The molecule has 1 aromatic carbocycles. The minimum absolute atomic E-state index is 0.00335. The molecule has 1 aromatic rings. The third-order valence-electron chi connectivity index (χ3n) is 4.30. The maximum atomic E-state index is 13.3. The number of non-ortho nitro benzene ring substituents is 1. The molecule has 0 aliphatic heterocycles. The van der Waals surface area contributed by atoms with Gasteiger partial charge in [0, 0.05) is 0 Å². The standard InChI is InChI=1S/C17H25AsClN3O9S/c1-3-18(5-4-9-23)17(24)14-11-13(21(25)26)12-15(22(27)28)16(14)20(7-6-19)8-10-31-32(2,29)30/h11-12,23H,3-10H2,1-2H3. The monoisotopic (exact) mass is 557 g/mol. The van der Waals surface area contributed by atoms with Crippen molar-refractivity contribution in [3.8, 4) is 0 Å². The number of hydrogen-bond donors (Lipinski definition) is 1.